The molecule has 28 heavy (non-hydrogen) atoms. The molecule has 1 heterocycles. The number of hydrogen-bond acceptors (Lipinski definition) is 4. The van der Waals surface area contributed by atoms with E-state index in [9.17, 15) is 27.5 Å². The fourth-order valence-corrected chi connectivity index (χ4v) is 2.82. The number of hydrazone groups is 1. The molecule has 148 valence electrons. The van der Waals surface area contributed by atoms with Gasteiger partial charge in [0.15, 0.2) is 0 Å². The van der Waals surface area contributed by atoms with Crippen molar-refractivity contribution in [1.82, 2.24) is 5.01 Å². The minimum Gasteiger partial charge on any atom is -0.497 e. The molecule has 2 aromatic carbocycles. The molecule has 1 amide bonds. The molecule has 0 aliphatic carbocycles. The molecule has 1 N–H and O–H groups in total. The highest BCUT2D eigenvalue weighted by Crippen LogP contribution is 2.41. The molecular weight excluding hydrogens is 380 g/mol. The first-order valence-corrected chi connectivity index (χ1v) is 8.22. The highest BCUT2D eigenvalue weighted by Gasteiger charge is 2.63. The second kappa shape index (κ2) is 7.23. The van der Waals surface area contributed by atoms with Gasteiger partial charge in [-0.25, -0.2) is 4.39 Å². The normalized spacial score (nSPS) is 19.5. The van der Waals surface area contributed by atoms with Crippen molar-refractivity contribution >= 4 is 11.6 Å². The summed E-state index contributed by atoms with van der Waals surface area (Å²) < 4.78 is 58.7. The van der Waals surface area contributed by atoms with Crippen LogP contribution in [-0.4, -0.2) is 40.7 Å². The van der Waals surface area contributed by atoms with E-state index in [1.165, 1.54) is 31.4 Å². The van der Waals surface area contributed by atoms with Crippen LogP contribution in [0.2, 0.25) is 0 Å². The number of carbonyl (C=O) groups is 1. The Balaban J connectivity index is 1.90. The Morgan fingerprint density at radius 3 is 2.32 bits per heavy atom. The minimum atomic E-state index is -5.13. The molecule has 5 nitrogen and oxygen atoms in total. The zero-order valence-corrected chi connectivity index (χ0v) is 14.7. The second-order valence-corrected chi connectivity index (χ2v) is 6.28. The lowest BCUT2D eigenvalue weighted by Gasteiger charge is -2.32. The third kappa shape index (κ3) is 3.70. The summed E-state index contributed by atoms with van der Waals surface area (Å²) in [5.74, 6) is -1.07. The Morgan fingerprint density at radius 2 is 1.79 bits per heavy atom. The largest absolute Gasteiger partial charge is 0.497 e. The maximum Gasteiger partial charge on any atom is 0.438 e. The highest BCUT2D eigenvalue weighted by atomic mass is 19.4. The number of methoxy groups -OCH3 is 1. The van der Waals surface area contributed by atoms with E-state index in [1.807, 2.05) is 0 Å². The standard InChI is InChI=1S/C19H16F4N2O3/c1-28-15-8-2-12(3-9-15)10-17(26)25-18(27,19(21,22)23)11-16(24-25)13-4-6-14(20)7-5-13/h2-9,27H,10-11H2,1H3/t18-/m0/s1. The molecule has 0 saturated carbocycles. The van der Waals surface area contributed by atoms with Gasteiger partial charge in [0.2, 0.25) is 5.91 Å². The van der Waals surface area contributed by atoms with E-state index in [0.717, 1.165) is 12.1 Å². The van der Waals surface area contributed by atoms with Crippen LogP contribution < -0.4 is 4.74 Å². The number of halogens is 4. The number of benzene rings is 2. The lowest BCUT2D eigenvalue weighted by molar-refractivity contribution is -0.302. The van der Waals surface area contributed by atoms with Crippen molar-refractivity contribution < 1.29 is 32.2 Å². The average molecular weight is 396 g/mol. The molecule has 0 aromatic heterocycles. The molecule has 9 heteroatoms. The third-order valence-corrected chi connectivity index (χ3v) is 4.37. The molecule has 3 rings (SSSR count). The van der Waals surface area contributed by atoms with E-state index in [0.29, 0.717) is 11.3 Å². The van der Waals surface area contributed by atoms with Crippen LogP contribution in [0.3, 0.4) is 0 Å². The van der Waals surface area contributed by atoms with Crippen molar-refractivity contribution in [3.63, 3.8) is 0 Å². The summed E-state index contributed by atoms with van der Waals surface area (Å²) in [5, 5.41) is 14.1. The van der Waals surface area contributed by atoms with E-state index < -0.39 is 36.5 Å². The number of ether oxygens (including phenoxy) is 1. The number of rotatable bonds is 4. The van der Waals surface area contributed by atoms with E-state index in [4.69, 9.17) is 4.74 Å². The van der Waals surface area contributed by atoms with Crippen LogP contribution in [-0.2, 0) is 11.2 Å². The van der Waals surface area contributed by atoms with Crippen LogP contribution in [0.15, 0.2) is 53.6 Å². The average Bonchev–Trinajstić information content (AvgIpc) is 3.02. The van der Waals surface area contributed by atoms with Gasteiger partial charge in [0.05, 0.1) is 25.7 Å². The monoisotopic (exact) mass is 396 g/mol. The van der Waals surface area contributed by atoms with Crippen LogP contribution in [0.1, 0.15) is 17.5 Å². The van der Waals surface area contributed by atoms with Crippen molar-refractivity contribution in [1.29, 1.82) is 0 Å². The van der Waals surface area contributed by atoms with Crippen LogP contribution in [0.5, 0.6) is 5.75 Å². The predicted octanol–water partition coefficient (Wildman–Crippen LogP) is 3.26. The molecule has 0 unspecified atom stereocenters. The Hall–Kier alpha value is -2.94. The quantitative estimate of drug-likeness (QED) is 0.807. The fraction of sp³-hybridized carbons (Fsp3) is 0.263. The maximum absolute atomic E-state index is 13.6. The number of hydrogen-bond donors (Lipinski definition) is 1. The van der Waals surface area contributed by atoms with Gasteiger partial charge in [0.1, 0.15) is 11.6 Å². The van der Waals surface area contributed by atoms with Crippen LogP contribution >= 0.6 is 0 Å². The number of amides is 1. The number of carbonyl (C=O) groups excluding carboxylic acids is 1. The summed E-state index contributed by atoms with van der Waals surface area (Å²) in [6.45, 7) is 0. The van der Waals surface area contributed by atoms with Gasteiger partial charge in [-0.05, 0) is 35.4 Å². The topological polar surface area (TPSA) is 62.1 Å². The summed E-state index contributed by atoms with van der Waals surface area (Å²) >= 11 is 0. The summed E-state index contributed by atoms with van der Waals surface area (Å²) in [5.41, 5.74) is -3.02. The zero-order chi connectivity index (χ0) is 20.5. The van der Waals surface area contributed by atoms with Crippen molar-refractivity contribution in [2.75, 3.05) is 7.11 Å². The molecular formula is C19H16F4N2O3. The minimum absolute atomic E-state index is 0.0654. The van der Waals surface area contributed by atoms with Gasteiger partial charge in [0.25, 0.3) is 5.72 Å². The molecule has 0 fully saturated rings. The van der Waals surface area contributed by atoms with Crippen molar-refractivity contribution in [3.8, 4) is 5.75 Å². The van der Waals surface area contributed by atoms with E-state index >= 15 is 0 Å². The van der Waals surface area contributed by atoms with Gasteiger partial charge < -0.3 is 9.84 Å². The summed E-state index contributed by atoms with van der Waals surface area (Å²) in [4.78, 5) is 12.5. The SMILES string of the molecule is COc1ccc(CC(=O)N2N=C(c3ccc(F)cc3)C[C@]2(O)C(F)(F)F)cc1. The smallest absolute Gasteiger partial charge is 0.438 e. The number of alkyl halides is 3. The first-order valence-electron chi connectivity index (χ1n) is 8.22. The van der Waals surface area contributed by atoms with Crippen LogP contribution in [0.25, 0.3) is 0 Å². The lowest BCUT2D eigenvalue weighted by atomic mass is 10.0. The van der Waals surface area contributed by atoms with Crippen LogP contribution in [0, 0.1) is 5.82 Å². The zero-order valence-electron chi connectivity index (χ0n) is 14.7. The predicted molar refractivity (Wildman–Crippen MR) is 92.1 cm³/mol. The van der Waals surface area contributed by atoms with Gasteiger partial charge in [-0.15, -0.1) is 0 Å². The summed E-state index contributed by atoms with van der Waals surface area (Å²) in [6, 6.07) is 10.8. The molecule has 0 spiro atoms. The van der Waals surface area contributed by atoms with Gasteiger partial charge in [0, 0.05) is 0 Å². The Labute approximate surface area is 157 Å². The Kier molecular flexibility index (Phi) is 5.12. The molecule has 1 aliphatic rings. The second-order valence-electron chi connectivity index (χ2n) is 6.28. The lowest BCUT2D eigenvalue weighted by Crippen LogP contribution is -2.57. The Morgan fingerprint density at radius 1 is 1.18 bits per heavy atom. The van der Waals surface area contributed by atoms with Crippen molar-refractivity contribution in [3.05, 3.63) is 65.5 Å². The third-order valence-electron chi connectivity index (χ3n) is 4.37. The van der Waals surface area contributed by atoms with E-state index in [-0.39, 0.29) is 16.3 Å². The number of aliphatic hydroxyl groups is 1. The van der Waals surface area contributed by atoms with Crippen LogP contribution in [0.4, 0.5) is 17.6 Å². The summed E-state index contributed by atoms with van der Waals surface area (Å²) in [7, 11) is 1.46. The van der Waals surface area contributed by atoms with Gasteiger partial charge in [-0.2, -0.15) is 23.3 Å². The van der Waals surface area contributed by atoms with Gasteiger partial charge in [-0.1, -0.05) is 24.3 Å². The van der Waals surface area contributed by atoms with Gasteiger partial charge >= 0.3 is 6.18 Å². The van der Waals surface area contributed by atoms with E-state index in [2.05, 4.69) is 5.10 Å². The molecule has 2 aromatic rings. The first-order chi connectivity index (χ1) is 13.1. The first kappa shape index (κ1) is 19.8. The molecule has 1 aliphatic heterocycles. The molecule has 0 saturated heterocycles. The van der Waals surface area contributed by atoms with E-state index in [1.54, 1.807) is 12.1 Å². The summed E-state index contributed by atoms with van der Waals surface area (Å²) in [6.07, 6.45) is -6.48. The Bertz CT molecular complexity index is 895. The molecule has 0 bridgehead atoms. The van der Waals surface area contributed by atoms with Crippen molar-refractivity contribution in [2.24, 2.45) is 5.10 Å². The molecule has 1 atom stereocenters. The highest BCUT2D eigenvalue weighted by molar-refractivity contribution is 6.03. The fourth-order valence-electron chi connectivity index (χ4n) is 2.82. The van der Waals surface area contributed by atoms with Crippen molar-refractivity contribution in [2.45, 2.75) is 24.7 Å². The maximum atomic E-state index is 13.6. The number of nitrogens with zero attached hydrogens (tertiary/aromatic N) is 2. The van der Waals surface area contributed by atoms with Gasteiger partial charge in [-0.3, -0.25) is 4.79 Å². The molecule has 0 radical (unpaired) electrons.